The number of carbonyl (C=O) groups is 2. The molecular formula is C23H27N5O4. The number of H-pyrrole nitrogens is 1. The summed E-state index contributed by atoms with van der Waals surface area (Å²) in [6.45, 7) is 5.18. The Hall–Kier alpha value is -3.59. The summed E-state index contributed by atoms with van der Waals surface area (Å²) in [5, 5.41) is 10.5. The highest BCUT2D eigenvalue weighted by atomic mass is 16.5. The van der Waals surface area contributed by atoms with E-state index in [2.05, 4.69) is 15.5 Å². The van der Waals surface area contributed by atoms with E-state index >= 15 is 0 Å². The third-order valence-electron chi connectivity index (χ3n) is 5.25. The molecule has 3 aromatic rings. The molecule has 4 N–H and O–H groups in total. The first kappa shape index (κ1) is 21.6. The van der Waals surface area contributed by atoms with Crippen LogP contribution in [0.3, 0.4) is 0 Å². The normalized spacial score (nSPS) is 15.2. The van der Waals surface area contributed by atoms with Crippen LogP contribution < -0.4 is 20.7 Å². The number of hydrogen-bond acceptors (Lipinski definition) is 6. The fourth-order valence-corrected chi connectivity index (χ4v) is 3.63. The third-order valence-corrected chi connectivity index (χ3v) is 5.25. The van der Waals surface area contributed by atoms with Crippen molar-refractivity contribution in [3.8, 4) is 5.75 Å². The number of amides is 2. The molecule has 2 heterocycles. The first-order valence-electron chi connectivity index (χ1n) is 10.6. The monoisotopic (exact) mass is 437 g/mol. The van der Waals surface area contributed by atoms with E-state index in [0.717, 1.165) is 16.6 Å². The van der Waals surface area contributed by atoms with Crippen molar-refractivity contribution in [2.75, 3.05) is 35.7 Å². The molecule has 2 amide bonds. The van der Waals surface area contributed by atoms with Gasteiger partial charge in [-0.1, -0.05) is 13.8 Å². The van der Waals surface area contributed by atoms with Crippen LogP contribution in [0.4, 0.5) is 17.2 Å². The average molecular weight is 438 g/mol. The van der Waals surface area contributed by atoms with Gasteiger partial charge in [0.15, 0.2) is 11.9 Å². The first-order chi connectivity index (χ1) is 15.4. The maximum Gasteiger partial charge on any atom is 0.265 e. The van der Waals surface area contributed by atoms with Crippen molar-refractivity contribution in [1.29, 1.82) is 0 Å². The van der Waals surface area contributed by atoms with Gasteiger partial charge in [-0.05, 0) is 54.8 Å². The second kappa shape index (κ2) is 9.27. The lowest BCUT2D eigenvalue weighted by atomic mass is 10.0. The Morgan fingerprint density at radius 1 is 1.28 bits per heavy atom. The minimum absolute atomic E-state index is 0.0753. The van der Waals surface area contributed by atoms with Crippen LogP contribution in [0.25, 0.3) is 10.9 Å². The number of nitrogens with two attached hydrogens (primary N) is 1. The highest BCUT2D eigenvalue weighted by Crippen LogP contribution is 2.26. The molecule has 0 spiro atoms. The van der Waals surface area contributed by atoms with Gasteiger partial charge in [-0.3, -0.25) is 14.7 Å². The molecular weight excluding hydrogens is 410 g/mol. The van der Waals surface area contributed by atoms with E-state index < -0.39 is 6.10 Å². The van der Waals surface area contributed by atoms with Gasteiger partial charge in [0, 0.05) is 23.3 Å². The average Bonchev–Trinajstić information content (AvgIpc) is 3.14. The van der Waals surface area contributed by atoms with E-state index in [-0.39, 0.29) is 24.3 Å². The first-order valence-corrected chi connectivity index (χ1v) is 10.6. The largest absolute Gasteiger partial charge is 0.481 e. The summed E-state index contributed by atoms with van der Waals surface area (Å²) in [6, 6.07) is 12.6. The van der Waals surface area contributed by atoms with Crippen LogP contribution in [0.5, 0.6) is 5.75 Å². The fraction of sp³-hybridized carbons (Fsp3) is 0.348. The number of aromatic amines is 1. The van der Waals surface area contributed by atoms with Crippen LogP contribution in [0.15, 0.2) is 42.5 Å². The Morgan fingerprint density at radius 2 is 2.06 bits per heavy atom. The lowest BCUT2D eigenvalue weighted by Crippen LogP contribution is -2.41. The molecule has 1 atom stereocenters. The molecule has 168 valence electrons. The number of nitrogens with zero attached hydrogens (tertiary/aromatic N) is 2. The molecule has 4 rings (SSSR count). The van der Waals surface area contributed by atoms with Crippen LogP contribution in [-0.4, -0.2) is 47.9 Å². The zero-order valence-electron chi connectivity index (χ0n) is 18.1. The van der Waals surface area contributed by atoms with E-state index in [1.807, 2.05) is 32.0 Å². The van der Waals surface area contributed by atoms with E-state index in [9.17, 15) is 9.59 Å². The quantitative estimate of drug-likeness (QED) is 0.522. The van der Waals surface area contributed by atoms with Gasteiger partial charge in [0.25, 0.3) is 11.8 Å². The number of rotatable bonds is 7. The van der Waals surface area contributed by atoms with Crippen LogP contribution in [-0.2, 0) is 14.3 Å². The number of aromatic nitrogens is 2. The predicted octanol–water partition coefficient (Wildman–Crippen LogP) is 2.94. The Morgan fingerprint density at radius 3 is 2.78 bits per heavy atom. The van der Waals surface area contributed by atoms with Gasteiger partial charge in [0.1, 0.15) is 12.4 Å². The zero-order chi connectivity index (χ0) is 22.7. The van der Waals surface area contributed by atoms with Crippen molar-refractivity contribution >= 4 is 39.9 Å². The van der Waals surface area contributed by atoms with Gasteiger partial charge in [0.2, 0.25) is 0 Å². The molecule has 1 aliphatic rings. The number of benzene rings is 2. The predicted molar refractivity (Wildman–Crippen MR) is 123 cm³/mol. The van der Waals surface area contributed by atoms with Gasteiger partial charge in [-0.2, -0.15) is 5.10 Å². The van der Waals surface area contributed by atoms with E-state index in [1.165, 1.54) is 0 Å². The van der Waals surface area contributed by atoms with Gasteiger partial charge in [-0.15, -0.1) is 0 Å². The molecule has 0 saturated carbocycles. The molecule has 9 nitrogen and oxygen atoms in total. The molecule has 9 heteroatoms. The maximum absolute atomic E-state index is 13.0. The summed E-state index contributed by atoms with van der Waals surface area (Å²) in [5.74, 6) is 0.868. The van der Waals surface area contributed by atoms with Crippen LogP contribution in [0, 0.1) is 5.92 Å². The number of fused-ring (bicyclic) bond motifs is 1. The molecule has 1 aliphatic heterocycles. The number of hydrogen-bond donors (Lipinski definition) is 3. The van der Waals surface area contributed by atoms with Crippen LogP contribution in [0.2, 0.25) is 0 Å². The lowest BCUT2D eigenvalue weighted by Gasteiger charge is -2.27. The number of carbonyl (C=O) groups excluding carboxylic acids is 2. The Balaban J connectivity index is 1.46. The van der Waals surface area contributed by atoms with Crippen molar-refractivity contribution < 1.29 is 19.1 Å². The summed E-state index contributed by atoms with van der Waals surface area (Å²) < 4.78 is 11.2. The summed E-state index contributed by atoms with van der Waals surface area (Å²) in [5.41, 5.74) is 8.09. The van der Waals surface area contributed by atoms with Crippen LogP contribution in [0.1, 0.15) is 20.3 Å². The van der Waals surface area contributed by atoms with Crippen LogP contribution >= 0.6 is 0 Å². The van der Waals surface area contributed by atoms with E-state index in [0.29, 0.717) is 36.8 Å². The number of nitrogens with one attached hydrogen (secondary N) is 2. The van der Waals surface area contributed by atoms with Gasteiger partial charge >= 0.3 is 0 Å². The topological polar surface area (TPSA) is 123 Å². The molecule has 1 fully saturated rings. The fourth-order valence-electron chi connectivity index (χ4n) is 3.63. The Bertz CT molecular complexity index is 1110. The van der Waals surface area contributed by atoms with Crippen molar-refractivity contribution in [3.05, 3.63) is 42.5 Å². The molecule has 1 aromatic heterocycles. The number of anilines is 3. The molecule has 1 saturated heterocycles. The smallest absolute Gasteiger partial charge is 0.265 e. The molecule has 2 aromatic carbocycles. The standard InChI is InChI=1S/C23H27N5O4/c1-14(2)11-20(32-17-7-8-19-18(12-17)22(24)27-26-19)23(30)25-15-3-5-16(6-4-15)28-9-10-31-13-21(28)29/h3-8,12,14,20H,9-11,13H2,1-2H3,(H,25,30)(H3,24,26,27). The number of nitrogen functional groups attached to an aromatic ring is 1. The van der Waals surface area contributed by atoms with Crippen molar-refractivity contribution in [3.63, 3.8) is 0 Å². The van der Waals surface area contributed by atoms with Gasteiger partial charge in [-0.25, -0.2) is 0 Å². The molecule has 0 bridgehead atoms. The van der Waals surface area contributed by atoms with Gasteiger partial charge in [0.05, 0.1) is 12.1 Å². The molecule has 32 heavy (non-hydrogen) atoms. The highest BCUT2D eigenvalue weighted by Gasteiger charge is 2.23. The summed E-state index contributed by atoms with van der Waals surface area (Å²) >= 11 is 0. The Labute approximate surface area is 185 Å². The third kappa shape index (κ3) is 4.83. The molecule has 0 radical (unpaired) electrons. The minimum Gasteiger partial charge on any atom is -0.481 e. The summed E-state index contributed by atoms with van der Waals surface area (Å²) in [7, 11) is 0. The zero-order valence-corrected chi connectivity index (χ0v) is 18.1. The molecule has 1 unspecified atom stereocenters. The Kier molecular flexibility index (Phi) is 6.27. The van der Waals surface area contributed by atoms with Gasteiger partial charge < -0.3 is 25.4 Å². The number of morpholine rings is 1. The second-order valence-corrected chi connectivity index (χ2v) is 8.19. The second-order valence-electron chi connectivity index (χ2n) is 8.19. The van der Waals surface area contributed by atoms with Crippen molar-refractivity contribution in [1.82, 2.24) is 10.2 Å². The van der Waals surface area contributed by atoms with Crippen molar-refractivity contribution in [2.45, 2.75) is 26.4 Å². The molecule has 0 aliphatic carbocycles. The maximum atomic E-state index is 13.0. The van der Waals surface area contributed by atoms with E-state index in [1.54, 1.807) is 29.2 Å². The highest BCUT2D eigenvalue weighted by molar-refractivity contribution is 5.97. The van der Waals surface area contributed by atoms with Crippen molar-refractivity contribution in [2.24, 2.45) is 5.92 Å². The van der Waals surface area contributed by atoms with E-state index in [4.69, 9.17) is 15.2 Å². The minimum atomic E-state index is -0.680. The summed E-state index contributed by atoms with van der Waals surface area (Å²) in [6.07, 6.45) is -0.133. The number of ether oxygens (including phenoxy) is 2. The summed E-state index contributed by atoms with van der Waals surface area (Å²) in [4.78, 5) is 26.7. The SMILES string of the molecule is CC(C)CC(Oc1ccc2[nH]nc(N)c2c1)C(=O)Nc1ccc(N2CCOCC2=O)cc1. The lowest BCUT2D eigenvalue weighted by molar-refractivity contribution is -0.125.